The van der Waals surface area contributed by atoms with Gasteiger partial charge in [-0.1, -0.05) is 32.1 Å². The second-order valence-corrected chi connectivity index (χ2v) is 3.01. The van der Waals surface area contributed by atoms with E-state index in [1.807, 2.05) is 6.26 Å². The molecule has 0 unspecified atom stereocenters. The molecule has 0 bridgehead atoms. The summed E-state index contributed by atoms with van der Waals surface area (Å²) in [4.78, 5) is 0. The molecule has 0 amide bonds. The van der Waals surface area contributed by atoms with Crippen molar-refractivity contribution in [2.24, 2.45) is 5.92 Å². The molecular weight excluding hydrogens is 128 g/mol. The summed E-state index contributed by atoms with van der Waals surface area (Å²) in [6.45, 7) is 8.18. The van der Waals surface area contributed by atoms with E-state index in [4.69, 9.17) is 0 Å². The molecule has 52 valence electrons. The third-order valence-electron chi connectivity index (χ3n) is 1.16. The highest BCUT2D eigenvalue weighted by atomic mass is 32.2. The SMILES string of the molecule is C=C(/C=C\SC)C(C)C. The lowest BCUT2D eigenvalue weighted by atomic mass is 10.1. The van der Waals surface area contributed by atoms with Crippen molar-refractivity contribution in [3.05, 3.63) is 23.6 Å². The Bertz CT molecular complexity index is 112. The number of hydrogen-bond donors (Lipinski definition) is 0. The molecule has 0 aliphatic rings. The van der Waals surface area contributed by atoms with E-state index in [0.29, 0.717) is 5.92 Å². The predicted octanol–water partition coefficient (Wildman–Crippen LogP) is 3.08. The van der Waals surface area contributed by atoms with Gasteiger partial charge < -0.3 is 0 Å². The predicted molar refractivity (Wildman–Crippen MR) is 46.6 cm³/mol. The second kappa shape index (κ2) is 4.68. The van der Waals surface area contributed by atoms with Crippen molar-refractivity contribution in [1.82, 2.24) is 0 Å². The maximum Gasteiger partial charge on any atom is -0.0142 e. The maximum absolute atomic E-state index is 3.89. The molecule has 0 aliphatic carbocycles. The number of rotatable bonds is 3. The van der Waals surface area contributed by atoms with Crippen LogP contribution in [-0.4, -0.2) is 6.26 Å². The molecule has 0 aromatic rings. The zero-order valence-electron chi connectivity index (χ0n) is 6.35. The monoisotopic (exact) mass is 142 g/mol. The zero-order chi connectivity index (χ0) is 7.28. The first-order chi connectivity index (χ1) is 4.18. The highest BCUT2D eigenvalue weighted by molar-refractivity contribution is 8.01. The lowest BCUT2D eigenvalue weighted by Gasteiger charge is -2.00. The van der Waals surface area contributed by atoms with Gasteiger partial charge in [-0.3, -0.25) is 0 Å². The molecule has 1 heteroatoms. The molecule has 0 spiro atoms. The molecule has 0 N–H and O–H groups in total. The van der Waals surface area contributed by atoms with E-state index in [0.717, 1.165) is 0 Å². The number of thioether (sulfide) groups is 1. The van der Waals surface area contributed by atoms with Crippen LogP contribution in [0.25, 0.3) is 0 Å². The Hall–Kier alpha value is -0.170. The highest BCUT2D eigenvalue weighted by Gasteiger charge is 1.92. The van der Waals surface area contributed by atoms with Crippen LogP contribution in [0.15, 0.2) is 23.6 Å². The molecule has 0 saturated heterocycles. The van der Waals surface area contributed by atoms with Crippen LogP contribution in [0.2, 0.25) is 0 Å². The van der Waals surface area contributed by atoms with Gasteiger partial charge in [0.15, 0.2) is 0 Å². The quantitative estimate of drug-likeness (QED) is 0.546. The Labute approximate surface area is 62.0 Å². The standard InChI is InChI=1S/C8H14S/c1-7(2)8(3)5-6-9-4/h5-7H,3H2,1-2,4H3/b6-5-. The number of allylic oxidation sites excluding steroid dienone is 2. The summed E-state index contributed by atoms with van der Waals surface area (Å²) >= 11 is 1.71. The third kappa shape index (κ3) is 4.34. The summed E-state index contributed by atoms with van der Waals surface area (Å²) in [5.41, 5.74) is 1.20. The van der Waals surface area contributed by atoms with Crippen molar-refractivity contribution in [2.75, 3.05) is 6.26 Å². The van der Waals surface area contributed by atoms with Crippen LogP contribution in [0.5, 0.6) is 0 Å². The van der Waals surface area contributed by atoms with Crippen LogP contribution in [0.1, 0.15) is 13.8 Å². The summed E-state index contributed by atoms with van der Waals surface area (Å²) in [5, 5.41) is 2.06. The average Bonchev–Trinajstić information content (AvgIpc) is 1.82. The van der Waals surface area contributed by atoms with Gasteiger partial charge in [0.2, 0.25) is 0 Å². The van der Waals surface area contributed by atoms with Crippen molar-refractivity contribution in [3.8, 4) is 0 Å². The molecule has 0 aromatic carbocycles. The van der Waals surface area contributed by atoms with E-state index in [-0.39, 0.29) is 0 Å². The Morgan fingerprint density at radius 2 is 2.11 bits per heavy atom. The summed E-state index contributed by atoms with van der Waals surface area (Å²) in [7, 11) is 0. The van der Waals surface area contributed by atoms with Crippen molar-refractivity contribution < 1.29 is 0 Å². The minimum absolute atomic E-state index is 0.577. The van der Waals surface area contributed by atoms with E-state index in [9.17, 15) is 0 Å². The van der Waals surface area contributed by atoms with Crippen molar-refractivity contribution >= 4 is 11.8 Å². The minimum Gasteiger partial charge on any atom is -0.138 e. The largest absolute Gasteiger partial charge is 0.138 e. The van der Waals surface area contributed by atoms with Crippen LogP contribution in [-0.2, 0) is 0 Å². The third-order valence-corrected chi connectivity index (χ3v) is 1.57. The molecule has 0 heterocycles. The fourth-order valence-electron chi connectivity index (χ4n) is 0.348. The lowest BCUT2D eigenvalue weighted by Crippen LogP contribution is -1.86. The zero-order valence-corrected chi connectivity index (χ0v) is 7.16. The fraction of sp³-hybridized carbons (Fsp3) is 0.500. The van der Waals surface area contributed by atoms with Gasteiger partial charge in [0, 0.05) is 0 Å². The van der Waals surface area contributed by atoms with E-state index in [1.54, 1.807) is 11.8 Å². The first-order valence-electron chi connectivity index (χ1n) is 3.06. The van der Waals surface area contributed by atoms with Crippen molar-refractivity contribution in [2.45, 2.75) is 13.8 Å². The van der Waals surface area contributed by atoms with Gasteiger partial charge in [0.1, 0.15) is 0 Å². The Morgan fingerprint density at radius 3 is 2.44 bits per heavy atom. The van der Waals surface area contributed by atoms with Gasteiger partial charge in [0.05, 0.1) is 0 Å². The first kappa shape index (κ1) is 8.83. The molecule has 0 aliphatic heterocycles. The minimum atomic E-state index is 0.577. The molecule has 0 atom stereocenters. The molecule has 0 aromatic heterocycles. The van der Waals surface area contributed by atoms with Gasteiger partial charge >= 0.3 is 0 Å². The van der Waals surface area contributed by atoms with Crippen LogP contribution in [0, 0.1) is 5.92 Å². The van der Waals surface area contributed by atoms with E-state index < -0.39 is 0 Å². The van der Waals surface area contributed by atoms with Gasteiger partial charge in [-0.05, 0) is 17.6 Å². The van der Waals surface area contributed by atoms with Crippen LogP contribution in [0.4, 0.5) is 0 Å². The fourth-order valence-corrected chi connectivity index (χ4v) is 0.659. The normalized spacial score (nSPS) is 11.1. The molecule has 0 saturated carbocycles. The highest BCUT2D eigenvalue weighted by Crippen LogP contribution is 2.09. The topological polar surface area (TPSA) is 0 Å². The van der Waals surface area contributed by atoms with E-state index in [1.165, 1.54) is 5.57 Å². The van der Waals surface area contributed by atoms with Crippen LogP contribution < -0.4 is 0 Å². The van der Waals surface area contributed by atoms with Crippen LogP contribution in [0.3, 0.4) is 0 Å². The lowest BCUT2D eigenvalue weighted by molar-refractivity contribution is 0.796. The van der Waals surface area contributed by atoms with Crippen LogP contribution >= 0.6 is 11.8 Å². The summed E-state index contributed by atoms with van der Waals surface area (Å²) < 4.78 is 0. The molecule has 0 fully saturated rings. The first-order valence-corrected chi connectivity index (χ1v) is 4.35. The molecule has 9 heavy (non-hydrogen) atoms. The summed E-state index contributed by atoms with van der Waals surface area (Å²) in [5.74, 6) is 0.577. The van der Waals surface area contributed by atoms with E-state index in [2.05, 4.69) is 31.9 Å². The van der Waals surface area contributed by atoms with Gasteiger partial charge in [-0.2, -0.15) is 0 Å². The smallest absolute Gasteiger partial charge is 0.0142 e. The Kier molecular flexibility index (Phi) is 4.60. The second-order valence-electron chi connectivity index (χ2n) is 2.27. The van der Waals surface area contributed by atoms with Crippen molar-refractivity contribution in [1.29, 1.82) is 0 Å². The van der Waals surface area contributed by atoms with Gasteiger partial charge in [-0.25, -0.2) is 0 Å². The maximum atomic E-state index is 3.89. The summed E-state index contributed by atoms with van der Waals surface area (Å²) in [6.07, 6.45) is 4.11. The molecule has 0 nitrogen and oxygen atoms in total. The molecule has 0 radical (unpaired) electrons. The van der Waals surface area contributed by atoms with Crippen molar-refractivity contribution in [3.63, 3.8) is 0 Å². The molecular formula is C8H14S. The van der Waals surface area contributed by atoms with E-state index >= 15 is 0 Å². The van der Waals surface area contributed by atoms with Gasteiger partial charge in [-0.15, -0.1) is 11.8 Å². The summed E-state index contributed by atoms with van der Waals surface area (Å²) in [6, 6.07) is 0. The Morgan fingerprint density at radius 1 is 1.56 bits per heavy atom. The van der Waals surface area contributed by atoms with Gasteiger partial charge in [0.25, 0.3) is 0 Å². The number of hydrogen-bond acceptors (Lipinski definition) is 1. The molecule has 0 rings (SSSR count). The average molecular weight is 142 g/mol. The Balaban J connectivity index is 3.63.